The maximum Gasteiger partial charge on any atom is 0.114 e. The van der Waals surface area contributed by atoms with Crippen molar-refractivity contribution in [3.63, 3.8) is 0 Å². The van der Waals surface area contributed by atoms with Gasteiger partial charge in [-0.05, 0) is 37.8 Å². The van der Waals surface area contributed by atoms with Crippen LogP contribution in [0.4, 0.5) is 0 Å². The van der Waals surface area contributed by atoms with Crippen molar-refractivity contribution >= 4 is 11.3 Å². The molecule has 2 rings (SSSR count). The van der Waals surface area contributed by atoms with E-state index in [1.54, 1.807) is 11.3 Å². The van der Waals surface area contributed by atoms with Gasteiger partial charge in [0.15, 0.2) is 0 Å². The number of hydrogen-bond donors (Lipinski definition) is 2. The lowest BCUT2D eigenvalue weighted by Gasteiger charge is -2.24. The summed E-state index contributed by atoms with van der Waals surface area (Å²) < 4.78 is 0. The highest BCUT2D eigenvalue weighted by molar-refractivity contribution is 7.12. The smallest absolute Gasteiger partial charge is 0.114 e. The molecule has 0 amide bonds. The minimum atomic E-state index is -0.737. The van der Waals surface area contributed by atoms with Crippen LogP contribution in [-0.4, -0.2) is 11.7 Å². The van der Waals surface area contributed by atoms with Crippen molar-refractivity contribution in [3.05, 3.63) is 21.9 Å². The largest absolute Gasteiger partial charge is 0.383 e. The fourth-order valence-corrected chi connectivity index (χ4v) is 2.74. The minimum absolute atomic E-state index is 0.345. The molecule has 1 fully saturated rings. The van der Waals surface area contributed by atoms with Gasteiger partial charge >= 0.3 is 0 Å². The minimum Gasteiger partial charge on any atom is -0.383 e. The van der Waals surface area contributed by atoms with E-state index in [2.05, 4.69) is 6.92 Å². The molecule has 1 unspecified atom stereocenters. The van der Waals surface area contributed by atoms with Crippen molar-refractivity contribution in [2.24, 2.45) is 11.7 Å². The monoisotopic (exact) mass is 197 g/mol. The van der Waals surface area contributed by atoms with E-state index in [0.717, 1.165) is 17.7 Å². The van der Waals surface area contributed by atoms with Gasteiger partial charge in [-0.1, -0.05) is 0 Å². The van der Waals surface area contributed by atoms with Crippen molar-refractivity contribution in [1.29, 1.82) is 0 Å². The van der Waals surface area contributed by atoms with Crippen LogP contribution in [0, 0.1) is 12.8 Å². The van der Waals surface area contributed by atoms with Crippen molar-refractivity contribution in [3.8, 4) is 0 Å². The highest BCUT2D eigenvalue weighted by atomic mass is 32.1. The highest BCUT2D eigenvalue weighted by Gasteiger charge is 2.44. The Morgan fingerprint density at radius 2 is 2.31 bits per heavy atom. The van der Waals surface area contributed by atoms with Crippen LogP contribution in [0.5, 0.6) is 0 Å². The molecule has 13 heavy (non-hydrogen) atoms. The van der Waals surface area contributed by atoms with Gasteiger partial charge in [0.1, 0.15) is 5.60 Å². The zero-order valence-electron chi connectivity index (χ0n) is 7.79. The Morgan fingerprint density at radius 1 is 1.62 bits per heavy atom. The van der Waals surface area contributed by atoms with Crippen LogP contribution < -0.4 is 5.73 Å². The van der Waals surface area contributed by atoms with Crippen molar-refractivity contribution < 1.29 is 5.11 Å². The summed E-state index contributed by atoms with van der Waals surface area (Å²) in [5, 5.41) is 10.3. The molecule has 2 nitrogen and oxygen atoms in total. The normalized spacial score (nSPS) is 21.5. The van der Waals surface area contributed by atoms with E-state index >= 15 is 0 Å². The van der Waals surface area contributed by atoms with Crippen molar-refractivity contribution in [2.75, 3.05) is 6.54 Å². The summed E-state index contributed by atoms with van der Waals surface area (Å²) in [5.41, 5.74) is 4.91. The lowest BCUT2D eigenvalue weighted by molar-refractivity contribution is 0.0259. The molecule has 0 aliphatic heterocycles. The van der Waals surface area contributed by atoms with E-state index in [9.17, 15) is 5.11 Å². The molecule has 1 aliphatic carbocycles. The molecule has 72 valence electrons. The third-order valence-corrected chi connectivity index (χ3v) is 3.90. The van der Waals surface area contributed by atoms with Crippen LogP contribution >= 0.6 is 11.3 Å². The predicted molar refractivity (Wildman–Crippen MR) is 54.7 cm³/mol. The first-order valence-electron chi connectivity index (χ1n) is 4.66. The Hall–Kier alpha value is -0.380. The van der Waals surface area contributed by atoms with Gasteiger partial charge < -0.3 is 10.8 Å². The van der Waals surface area contributed by atoms with Gasteiger partial charge in [0.2, 0.25) is 0 Å². The lowest BCUT2D eigenvalue weighted by Crippen LogP contribution is -2.36. The number of thiophene rings is 1. The van der Waals surface area contributed by atoms with Crippen molar-refractivity contribution in [1.82, 2.24) is 0 Å². The highest BCUT2D eigenvalue weighted by Crippen LogP contribution is 2.46. The molecule has 1 saturated carbocycles. The number of rotatable bonds is 3. The summed E-state index contributed by atoms with van der Waals surface area (Å²) in [4.78, 5) is 2.28. The maximum atomic E-state index is 10.3. The molecular weight excluding hydrogens is 182 g/mol. The van der Waals surface area contributed by atoms with E-state index in [1.807, 2.05) is 12.1 Å². The second-order valence-corrected chi connectivity index (χ2v) is 5.10. The summed E-state index contributed by atoms with van der Waals surface area (Å²) in [7, 11) is 0. The van der Waals surface area contributed by atoms with Gasteiger partial charge in [0, 0.05) is 16.3 Å². The van der Waals surface area contributed by atoms with Crippen LogP contribution in [0.3, 0.4) is 0 Å². The van der Waals surface area contributed by atoms with Gasteiger partial charge in [-0.3, -0.25) is 0 Å². The van der Waals surface area contributed by atoms with E-state index in [-0.39, 0.29) is 0 Å². The summed E-state index contributed by atoms with van der Waals surface area (Å²) >= 11 is 1.66. The number of hydrogen-bond acceptors (Lipinski definition) is 3. The summed E-state index contributed by atoms with van der Waals surface area (Å²) in [6.07, 6.45) is 2.23. The quantitative estimate of drug-likeness (QED) is 0.773. The Kier molecular flexibility index (Phi) is 2.18. The molecular formula is C10H15NOS. The Balaban J connectivity index is 2.29. The second-order valence-electron chi connectivity index (χ2n) is 3.81. The third kappa shape index (κ3) is 1.52. The summed E-state index contributed by atoms with van der Waals surface area (Å²) in [6, 6.07) is 4.05. The SMILES string of the molecule is Cc1ccc(C(O)(CN)C2CC2)s1. The van der Waals surface area contributed by atoms with E-state index in [1.165, 1.54) is 4.88 Å². The Bertz CT molecular complexity index is 306. The first-order valence-corrected chi connectivity index (χ1v) is 5.48. The lowest BCUT2D eigenvalue weighted by atomic mass is 9.96. The first-order chi connectivity index (χ1) is 6.16. The molecule has 0 aromatic carbocycles. The molecule has 3 N–H and O–H groups in total. The molecule has 0 bridgehead atoms. The zero-order valence-corrected chi connectivity index (χ0v) is 8.60. The van der Waals surface area contributed by atoms with Gasteiger partial charge in [0.05, 0.1) is 0 Å². The van der Waals surface area contributed by atoms with Gasteiger partial charge in [0.25, 0.3) is 0 Å². The Morgan fingerprint density at radius 3 is 2.69 bits per heavy atom. The van der Waals surface area contributed by atoms with Crippen LogP contribution in [0.15, 0.2) is 12.1 Å². The average molecular weight is 197 g/mol. The van der Waals surface area contributed by atoms with Crippen LogP contribution in [-0.2, 0) is 5.60 Å². The zero-order chi connectivity index (χ0) is 9.47. The fraction of sp³-hybridized carbons (Fsp3) is 0.600. The maximum absolute atomic E-state index is 10.3. The van der Waals surface area contributed by atoms with E-state index in [0.29, 0.717) is 12.5 Å². The number of nitrogens with two attached hydrogens (primary N) is 1. The topological polar surface area (TPSA) is 46.2 Å². The molecule has 3 heteroatoms. The molecule has 0 radical (unpaired) electrons. The van der Waals surface area contributed by atoms with Crippen LogP contribution in [0.1, 0.15) is 22.6 Å². The van der Waals surface area contributed by atoms with Gasteiger partial charge in [-0.15, -0.1) is 11.3 Å². The van der Waals surface area contributed by atoms with Crippen LogP contribution in [0.2, 0.25) is 0 Å². The molecule has 0 spiro atoms. The van der Waals surface area contributed by atoms with Gasteiger partial charge in [-0.2, -0.15) is 0 Å². The van der Waals surface area contributed by atoms with Gasteiger partial charge in [-0.25, -0.2) is 0 Å². The molecule has 1 atom stereocenters. The average Bonchev–Trinajstić information content (AvgIpc) is 2.89. The van der Waals surface area contributed by atoms with E-state index in [4.69, 9.17) is 5.73 Å². The summed E-state index contributed by atoms with van der Waals surface area (Å²) in [6.45, 7) is 2.40. The van der Waals surface area contributed by atoms with Crippen LogP contribution in [0.25, 0.3) is 0 Å². The third-order valence-electron chi connectivity index (χ3n) is 2.73. The first kappa shape index (κ1) is 9.19. The fourth-order valence-electron chi connectivity index (χ4n) is 1.70. The standard InChI is InChI=1S/C10H15NOS/c1-7-2-5-9(13-7)10(12,6-11)8-3-4-8/h2,5,8,12H,3-4,6,11H2,1H3. The Labute approximate surface area is 82.4 Å². The molecule has 1 aromatic heterocycles. The number of aliphatic hydroxyl groups is 1. The molecule has 1 aliphatic rings. The van der Waals surface area contributed by atoms with Crippen molar-refractivity contribution in [2.45, 2.75) is 25.4 Å². The summed E-state index contributed by atoms with van der Waals surface area (Å²) in [5.74, 6) is 0.399. The molecule has 1 aromatic rings. The number of aryl methyl sites for hydroxylation is 1. The predicted octanol–water partition coefficient (Wildman–Crippen LogP) is 1.61. The molecule has 0 saturated heterocycles. The second kappa shape index (κ2) is 3.08. The van der Waals surface area contributed by atoms with E-state index < -0.39 is 5.60 Å². The molecule has 1 heterocycles.